The molecule has 2 N–H and O–H groups in total. The second-order valence-electron chi connectivity index (χ2n) is 10.8. The second kappa shape index (κ2) is 11.8. The number of carbonyl (C=O) groups excluding carboxylic acids is 2. The summed E-state index contributed by atoms with van der Waals surface area (Å²) in [5.41, 5.74) is 1.40. The number of rotatable bonds is 10. The van der Waals surface area contributed by atoms with Crippen LogP contribution in [0, 0.1) is 11.8 Å². The summed E-state index contributed by atoms with van der Waals surface area (Å²) in [7, 11) is 1.36. The van der Waals surface area contributed by atoms with Crippen LogP contribution in [0.25, 0.3) is 5.65 Å². The molecule has 2 aliphatic rings. The van der Waals surface area contributed by atoms with E-state index in [0.717, 1.165) is 12.8 Å². The van der Waals surface area contributed by atoms with Crippen LogP contribution in [0.1, 0.15) is 85.2 Å². The van der Waals surface area contributed by atoms with Crippen LogP contribution in [0.4, 0.5) is 22.0 Å². The summed E-state index contributed by atoms with van der Waals surface area (Å²) < 4.78 is 72.2. The largest absolute Gasteiger partial charge is 0.467 e. The van der Waals surface area contributed by atoms with Crippen molar-refractivity contribution in [2.24, 2.45) is 11.8 Å². The summed E-state index contributed by atoms with van der Waals surface area (Å²) in [6.07, 6.45) is -0.530. The third kappa shape index (κ3) is 7.29. The number of fused-ring (bicyclic) bond motifs is 1. The molecule has 10 nitrogen and oxygen atoms in total. The highest BCUT2D eigenvalue weighted by atomic mass is 19.4. The van der Waals surface area contributed by atoms with Crippen molar-refractivity contribution in [3.63, 3.8) is 0 Å². The number of hydrogen-bond donors (Lipinski definition) is 2. The highest BCUT2D eigenvalue weighted by molar-refractivity contribution is 5.92. The molecule has 0 radical (unpaired) electrons. The van der Waals surface area contributed by atoms with Gasteiger partial charge in [-0.05, 0) is 55.2 Å². The van der Waals surface area contributed by atoms with Gasteiger partial charge >= 0.3 is 12.2 Å². The third-order valence-electron chi connectivity index (χ3n) is 7.65. The molecular weight excluding hydrogens is 565 g/mol. The lowest BCUT2D eigenvalue weighted by Gasteiger charge is -2.33. The van der Waals surface area contributed by atoms with Gasteiger partial charge in [-0.2, -0.15) is 23.3 Å². The van der Waals surface area contributed by atoms with E-state index in [9.17, 15) is 31.5 Å². The Balaban J connectivity index is 1.40. The number of aromatic nitrogens is 5. The number of nitrogens with one attached hydrogen (secondary N) is 2. The molecule has 0 spiro atoms. The van der Waals surface area contributed by atoms with Crippen molar-refractivity contribution < 1.29 is 36.3 Å². The number of nitrogens with zero attached hydrogens (tertiary/aromatic N) is 5. The maximum Gasteiger partial charge on any atom is 0.389 e. The van der Waals surface area contributed by atoms with E-state index < -0.39 is 48.8 Å². The minimum absolute atomic E-state index is 0.00307. The Morgan fingerprint density at radius 3 is 2.48 bits per heavy atom. The van der Waals surface area contributed by atoms with E-state index >= 15 is 0 Å². The van der Waals surface area contributed by atoms with Gasteiger partial charge in [0.2, 0.25) is 11.8 Å². The molecule has 0 aromatic carbocycles. The Morgan fingerprint density at radius 1 is 1.10 bits per heavy atom. The van der Waals surface area contributed by atoms with E-state index in [0.29, 0.717) is 16.9 Å². The van der Waals surface area contributed by atoms with E-state index in [1.165, 1.54) is 30.1 Å². The summed E-state index contributed by atoms with van der Waals surface area (Å²) in [6.45, 7) is 0. The van der Waals surface area contributed by atoms with Gasteiger partial charge in [-0.25, -0.2) is 23.3 Å². The maximum absolute atomic E-state index is 14.0. The lowest BCUT2D eigenvalue weighted by atomic mass is 9.81. The molecule has 2 saturated carbocycles. The Kier molecular flexibility index (Phi) is 8.28. The molecule has 2 atom stereocenters. The Bertz CT molecular complexity index is 1430. The third-order valence-corrected chi connectivity index (χ3v) is 7.65. The minimum atomic E-state index is -4.43. The minimum Gasteiger partial charge on any atom is -0.467 e. The Hall–Kier alpha value is -3.91. The molecule has 0 bridgehead atoms. The van der Waals surface area contributed by atoms with Crippen LogP contribution in [0.15, 0.2) is 30.7 Å². The fraction of sp³-hybridized carbons (Fsp3) is 0.556. The lowest BCUT2D eigenvalue weighted by Crippen LogP contribution is -2.37. The zero-order valence-corrected chi connectivity index (χ0v) is 22.7. The molecule has 5 rings (SSSR count). The van der Waals surface area contributed by atoms with Crippen molar-refractivity contribution in [3.05, 3.63) is 47.7 Å². The van der Waals surface area contributed by atoms with E-state index in [2.05, 4.69) is 30.7 Å². The van der Waals surface area contributed by atoms with Crippen LogP contribution in [-0.2, 0) is 4.79 Å². The van der Waals surface area contributed by atoms with Crippen LogP contribution in [0.2, 0.25) is 0 Å². The van der Waals surface area contributed by atoms with Crippen molar-refractivity contribution >= 4 is 17.5 Å². The fourth-order valence-electron chi connectivity index (χ4n) is 5.24. The van der Waals surface area contributed by atoms with Gasteiger partial charge in [0, 0.05) is 25.5 Å². The summed E-state index contributed by atoms with van der Waals surface area (Å²) in [5, 5.41) is 9.99. The van der Waals surface area contributed by atoms with E-state index in [1.807, 2.05) is 0 Å². The van der Waals surface area contributed by atoms with Crippen LogP contribution in [-0.4, -0.2) is 55.6 Å². The average Bonchev–Trinajstić information content (AvgIpc) is 3.71. The predicted molar refractivity (Wildman–Crippen MR) is 138 cm³/mol. The first-order valence-electron chi connectivity index (χ1n) is 13.7. The second-order valence-corrected chi connectivity index (χ2v) is 10.8. The van der Waals surface area contributed by atoms with Gasteiger partial charge in [0.1, 0.15) is 5.69 Å². The molecule has 3 aromatic rings. The molecule has 3 heterocycles. The molecular formula is C27H30F5N7O3. The summed E-state index contributed by atoms with van der Waals surface area (Å²) in [5.74, 6) is -4.30. The standard InChI is InChI=1S/C27H30F5N7O3/c1-42-25-33-11-7-18(36-25)24(41)38-23(16-4-8-26(28,29)9-5-16)19-14-39-20(35-19)12-17(13-34-39)22(15-2-3-15)37-21(40)6-10-27(30,31)32/h7,11-16,22-23H,2-6,8-10H2,1H3,(H,37,40)(H,38,41). The average molecular weight is 596 g/mol. The number of imidazole rings is 1. The van der Waals surface area contributed by atoms with Gasteiger partial charge < -0.3 is 15.4 Å². The first-order chi connectivity index (χ1) is 19.9. The normalized spacial score (nSPS) is 18.8. The highest BCUT2D eigenvalue weighted by Gasteiger charge is 2.40. The topological polar surface area (TPSA) is 123 Å². The molecule has 3 aromatic heterocycles. The van der Waals surface area contributed by atoms with Crippen molar-refractivity contribution in [3.8, 4) is 6.01 Å². The van der Waals surface area contributed by atoms with E-state index in [4.69, 9.17) is 4.74 Å². The Morgan fingerprint density at radius 2 is 1.81 bits per heavy atom. The predicted octanol–water partition coefficient (Wildman–Crippen LogP) is 4.73. The summed E-state index contributed by atoms with van der Waals surface area (Å²) >= 11 is 0. The first kappa shape index (κ1) is 29.6. The van der Waals surface area contributed by atoms with Crippen LogP contribution >= 0.6 is 0 Å². The molecule has 0 aliphatic heterocycles. The number of methoxy groups -OCH3 is 1. The van der Waals surface area contributed by atoms with Crippen molar-refractivity contribution in [2.75, 3.05) is 7.11 Å². The van der Waals surface area contributed by atoms with Gasteiger partial charge in [-0.1, -0.05) is 0 Å². The first-order valence-corrected chi connectivity index (χ1v) is 13.7. The lowest BCUT2D eigenvalue weighted by molar-refractivity contribution is -0.144. The van der Waals surface area contributed by atoms with Gasteiger partial charge in [-0.3, -0.25) is 9.59 Å². The SMILES string of the molecule is COc1nccc(C(=O)NC(c2cn3ncc(C(NC(=O)CCC(F)(F)F)C4CC4)cc3n2)C2CCC(F)(F)CC2)n1. The molecule has 2 fully saturated rings. The Labute approximate surface area is 237 Å². The van der Waals surface area contributed by atoms with Crippen molar-refractivity contribution in [2.45, 2.75) is 75.5 Å². The number of carbonyl (C=O) groups is 2. The van der Waals surface area contributed by atoms with Gasteiger partial charge in [-0.15, -0.1) is 0 Å². The zero-order valence-electron chi connectivity index (χ0n) is 22.7. The van der Waals surface area contributed by atoms with E-state index in [-0.39, 0.29) is 49.2 Å². The molecule has 42 heavy (non-hydrogen) atoms. The van der Waals surface area contributed by atoms with Crippen LogP contribution in [0.3, 0.4) is 0 Å². The molecule has 2 amide bonds. The monoisotopic (exact) mass is 595 g/mol. The van der Waals surface area contributed by atoms with Crippen molar-refractivity contribution in [1.82, 2.24) is 35.2 Å². The van der Waals surface area contributed by atoms with Crippen LogP contribution < -0.4 is 15.4 Å². The molecule has 2 aliphatic carbocycles. The summed E-state index contributed by atoms with van der Waals surface area (Å²) in [4.78, 5) is 38.0. The fourth-order valence-corrected chi connectivity index (χ4v) is 5.24. The van der Waals surface area contributed by atoms with Crippen LogP contribution in [0.5, 0.6) is 6.01 Å². The van der Waals surface area contributed by atoms with Crippen molar-refractivity contribution in [1.29, 1.82) is 0 Å². The van der Waals surface area contributed by atoms with Gasteiger partial charge in [0.05, 0.1) is 43.7 Å². The zero-order chi connectivity index (χ0) is 30.1. The number of amides is 2. The van der Waals surface area contributed by atoms with Gasteiger partial charge in [0.15, 0.2) is 5.65 Å². The number of alkyl halides is 5. The quantitative estimate of drug-likeness (QED) is 0.325. The maximum atomic E-state index is 14.0. The highest BCUT2D eigenvalue weighted by Crippen LogP contribution is 2.43. The number of ether oxygens (including phenoxy) is 1. The molecule has 0 saturated heterocycles. The van der Waals surface area contributed by atoms with Gasteiger partial charge in [0.25, 0.3) is 5.91 Å². The molecule has 226 valence electrons. The van der Waals surface area contributed by atoms with E-state index in [1.54, 1.807) is 12.3 Å². The molecule has 15 heteroatoms. The smallest absolute Gasteiger partial charge is 0.389 e. The number of hydrogen-bond acceptors (Lipinski definition) is 7. The number of halogens is 5. The summed E-state index contributed by atoms with van der Waals surface area (Å²) in [6, 6.07) is 1.83. The molecule has 2 unspecified atom stereocenters.